The lowest BCUT2D eigenvalue weighted by Gasteiger charge is -2.26. The summed E-state index contributed by atoms with van der Waals surface area (Å²) in [6.07, 6.45) is 3.79. The molecule has 132 valence electrons. The molecule has 1 saturated heterocycles. The first-order valence-corrected chi connectivity index (χ1v) is 8.21. The van der Waals surface area contributed by atoms with Gasteiger partial charge in [0, 0.05) is 31.3 Å². The molecule has 1 heterocycles. The first-order chi connectivity index (χ1) is 11.6. The number of carbonyl (C=O) groups excluding carboxylic acids is 1. The van der Waals surface area contributed by atoms with Crippen LogP contribution in [0.4, 0.5) is 5.69 Å². The Balaban J connectivity index is 1.84. The van der Waals surface area contributed by atoms with Gasteiger partial charge >= 0.3 is 0 Å². The molecule has 7 heteroatoms. The van der Waals surface area contributed by atoms with Crippen molar-refractivity contribution in [1.82, 2.24) is 4.90 Å². The maximum Gasteiger partial charge on any atom is 0.224 e. The lowest BCUT2D eigenvalue weighted by atomic mass is 10.1. The van der Waals surface area contributed by atoms with E-state index in [-0.39, 0.29) is 11.9 Å². The Hall–Kier alpha value is -2.44. The molecule has 0 spiro atoms. The van der Waals surface area contributed by atoms with Gasteiger partial charge < -0.3 is 25.4 Å². The number of methoxy groups -OCH3 is 2. The van der Waals surface area contributed by atoms with Crippen LogP contribution in [0.2, 0.25) is 0 Å². The van der Waals surface area contributed by atoms with Crippen LogP contribution in [0.25, 0.3) is 0 Å². The highest BCUT2D eigenvalue weighted by Gasteiger charge is 2.15. The predicted molar refractivity (Wildman–Crippen MR) is 94.7 cm³/mol. The number of hydrogen-bond acceptors (Lipinski definition) is 4. The summed E-state index contributed by atoms with van der Waals surface area (Å²) in [5.74, 6) is 1.67. The molecule has 0 aromatic heterocycles. The second-order valence-corrected chi connectivity index (χ2v) is 5.65. The first kappa shape index (κ1) is 17.9. The SMILES string of the molecule is COc1ccc(NC(N)=NCCC(=O)N2CCCCC2)cc1OC. The van der Waals surface area contributed by atoms with E-state index in [2.05, 4.69) is 10.3 Å². The van der Waals surface area contributed by atoms with Gasteiger partial charge in [-0.3, -0.25) is 9.79 Å². The van der Waals surface area contributed by atoms with Crippen molar-refractivity contribution in [3.05, 3.63) is 18.2 Å². The van der Waals surface area contributed by atoms with Crippen LogP contribution in [0, 0.1) is 0 Å². The molecule has 24 heavy (non-hydrogen) atoms. The van der Waals surface area contributed by atoms with Crippen molar-refractivity contribution in [2.75, 3.05) is 39.2 Å². The van der Waals surface area contributed by atoms with Crippen LogP contribution < -0.4 is 20.5 Å². The molecule has 3 N–H and O–H groups in total. The van der Waals surface area contributed by atoms with Crippen LogP contribution in [-0.2, 0) is 4.79 Å². The fraction of sp³-hybridized carbons (Fsp3) is 0.529. The largest absolute Gasteiger partial charge is 0.493 e. The minimum atomic E-state index is 0.150. The van der Waals surface area contributed by atoms with E-state index < -0.39 is 0 Å². The molecule has 0 saturated carbocycles. The van der Waals surface area contributed by atoms with E-state index in [1.807, 2.05) is 11.0 Å². The fourth-order valence-electron chi connectivity index (χ4n) is 2.67. The minimum Gasteiger partial charge on any atom is -0.493 e. The van der Waals surface area contributed by atoms with Crippen LogP contribution in [0.15, 0.2) is 23.2 Å². The minimum absolute atomic E-state index is 0.150. The van der Waals surface area contributed by atoms with Gasteiger partial charge in [0.1, 0.15) is 0 Å². The van der Waals surface area contributed by atoms with Gasteiger partial charge in [-0.15, -0.1) is 0 Å². The normalized spacial score (nSPS) is 15.1. The van der Waals surface area contributed by atoms with Crippen LogP contribution in [0.1, 0.15) is 25.7 Å². The van der Waals surface area contributed by atoms with E-state index in [1.54, 1.807) is 26.4 Å². The molecule has 7 nitrogen and oxygen atoms in total. The number of aliphatic imine (C=N–C) groups is 1. The number of likely N-dealkylation sites (tertiary alicyclic amines) is 1. The molecule has 1 aromatic carbocycles. The lowest BCUT2D eigenvalue weighted by molar-refractivity contribution is -0.131. The molecule has 1 aliphatic heterocycles. The Bertz CT molecular complexity index is 583. The monoisotopic (exact) mass is 334 g/mol. The molecule has 0 aliphatic carbocycles. The summed E-state index contributed by atoms with van der Waals surface area (Å²) in [6.45, 7) is 2.10. The fourth-order valence-corrected chi connectivity index (χ4v) is 2.67. The van der Waals surface area contributed by atoms with E-state index in [4.69, 9.17) is 15.2 Å². The summed E-state index contributed by atoms with van der Waals surface area (Å²) < 4.78 is 10.4. The van der Waals surface area contributed by atoms with Crippen molar-refractivity contribution < 1.29 is 14.3 Å². The average molecular weight is 334 g/mol. The second-order valence-electron chi connectivity index (χ2n) is 5.65. The van der Waals surface area contributed by atoms with Crippen molar-refractivity contribution in [3.8, 4) is 11.5 Å². The number of guanidine groups is 1. The number of benzene rings is 1. The number of nitrogens with one attached hydrogen (secondary N) is 1. The van der Waals surface area contributed by atoms with E-state index in [0.717, 1.165) is 31.6 Å². The van der Waals surface area contributed by atoms with Gasteiger partial charge in [0.2, 0.25) is 5.91 Å². The Labute approximate surface area is 142 Å². The number of nitrogens with two attached hydrogens (primary N) is 1. The number of anilines is 1. The standard InChI is InChI=1S/C17H26N4O3/c1-23-14-7-6-13(12-15(14)24-2)20-17(18)19-9-8-16(22)21-10-4-3-5-11-21/h6-7,12H,3-5,8-11H2,1-2H3,(H3,18,19,20). The summed E-state index contributed by atoms with van der Waals surface area (Å²) in [4.78, 5) is 18.2. The van der Waals surface area contributed by atoms with Gasteiger partial charge in [-0.2, -0.15) is 0 Å². The van der Waals surface area contributed by atoms with Crippen molar-refractivity contribution in [1.29, 1.82) is 0 Å². The van der Waals surface area contributed by atoms with Gasteiger partial charge in [0.15, 0.2) is 17.5 Å². The highest BCUT2D eigenvalue weighted by molar-refractivity contribution is 5.92. The van der Waals surface area contributed by atoms with Crippen molar-refractivity contribution in [2.24, 2.45) is 10.7 Å². The van der Waals surface area contributed by atoms with E-state index >= 15 is 0 Å². The molecule has 1 aromatic rings. The second kappa shape index (κ2) is 9.00. The van der Waals surface area contributed by atoms with Crippen molar-refractivity contribution in [2.45, 2.75) is 25.7 Å². The molecule has 0 atom stereocenters. The molecule has 1 amide bonds. The first-order valence-electron chi connectivity index (χ1n) is 8.21. The highest BCUT2D eigenvalue weighted by Crippen LogP contribution is 2.29. The maximum atomic E-state index is 12.1. The smallest absolute Gasteiger partial charge is 0.224 e. The highest BCUT2D eigenvalue weighted by atomic mass is 16.5. The number of carbonyl (C=O) groups is 1. The number of rotatable bonds is 6. The zero-order valence-corrected chi connectivity index (χ0v) is 14.4. The number of hydrogen-bond donors (Lipinski definition) is 2. The predicted octanol–water partition coefficient (Wildman–Crippen LogP) is 1.83. The van der Waals surface area contributed by atoms with Crippen LogP contribution in [0.5, 0.6) is 11.5 Å². The van der Waals surface area contributed by atoms with E-state index in [0.29, 0.717) is 24.5 Å². The molecule has 1 fully saturated rings. The number of ether oxygens (including phenoxy) is 2. The summed E-state index contributed by atoms with van der Waals surface area (Å²) in [7, 11) is 3.16. The van der Waals surface area contributed by atoms with Crippen molar-refractivity contribution >= 4 is 17.6 Å². The molecular formula is C17H26N4O3. The Morgan fingerprint density at radius 3 is 2.58 bits per heavy atom. The van der Waals surface area contributed by atoms with Crippen molar-refractivity contribution in [3.63, 3.8) is 0 Å². The number of amides is 1. The third-order valence-corrected chi connectivity index (χ3v) is 3.97. The topological polar surface area (TPSA) is 89.2 Å². The van der Waals surface area contributed by atoms with E-state index in [1.165, 1.54) is 6.42 Å². The zero-order valence-electron chi connectivity index (χ0n) is 14.4. The van der Waals surface area contributed by atoms with Gasteiger partial charge in [-0.25, -0.2) is 0 Å². The van der Waals surface area contributed by atoms with Gasteiger partial charge in [-0.05, 0) is 31.4 Å². The van der Waals surface area contributed by atoms with Crippen LogP contribution in [0.3, 0.4) is 0 Å². The molecule has 0 unspecified atom stereocenters. The van der Waals surface area contributed by atoms with Gasteiger partial charge in [-0.1, -0.05) is 0 Å². The van der Waals surface area contributed by atoms with Crippen LogP contribution >= 0.6 is 0 Å². The molecule has 0 bridgehead atoms. The van der Waals surface area contributed by atoms with E-state index in [9.17, 15) is 4.79 Å². The number of nitrogens with zero attached hydrogens (tertiary/aromatic N) is 2. The summed E-state index contributed by atoms with van der Waals surface area (Å²) >= 11 is 0. The number of piperidine rings is 1. The van der Waals surface area contributed by atoms with Gasteiger partial charge in [0.05, 0.1) is 20.8 Å². The third-order valence-electron chi connectivity index (χ3n) is 3.97. The Morgan fingerprint density at radius 1 is 1.21 bits per heavy atom. The third kappa shape index (κ3) is 5.04. The maximum absolute atomic E-state index is 12.1. The Morgan fingerprint density at radius 2 is 1.92 bits per heavy atom. The van der Waals surface area contributed by atoms with Crippen LogP contribution in [-0.4, -0.2) is 50.6 Å². The summed E-state index contributed by atoms with van der Waals surface area (Å²) in [5, 5.41) is 2.99. The van der Waals surface area contributed by atoms with Gasteiger partial charge in [0.25, 0.3) is 0 Å². The molecule has 0 radical (unpaired) electrons. The quantitative estimate of drug-likeness (QED) is 0.612. The zero-order chi connectivity index (χ0) is 17.4. The molecule has 2 rings (SSSR count). The molecule has 1 aliphatic rings. The lowest BCUT2D eigenvalue weighted by Crippen LogP contribution is -2.36. The average Bonchev–Trinajstić information content (AvgIpc) is 2.62. The molecular weight excluding hydrogens is 308 g/mol. The Kier molecular flexibility index (Phi) is 6.72. The summed E-state index contributed by atoms with van der Waals surface area (Å²) in [5.41, 5.74) is 6.62. The summed E-state index contributed by atoms with van der Waals surface area (Å²) in [6, 6.07) is 5.39.